The Bertz CT molecular complexity index is 422. The van der Waals surface area contributed by atoms with Crippen LogP contribution in [-0.2, 0) is 6.54 Å². The first-order valence-corrected chi connectivity index (χ1v) is 7.12. The van der Waals surface area contributed by atoms with Crippen molar-refractivity contribution >= 4 is 0 Å². The van der Waals surface area contributed by atoms with Crippen LogP contribution in [0, 0.1) is 12.8 Å². The number of pyridine rings is 1. The molecule has 0 spiro atoms. The zero-order valence-corrected chi connectivity index (χ0v) is 12.2. The summed E-state index contributed by atoms with van der Waals surface area (Å²) >= 11 is 0. The molecular formula is C15H25N3O. The van der Waals surface area contributed by atoms with Gasteiger partial charge in [0, 0.05) is 43.5 Å². The van der Waals surface area contributed by atoms with Gasteiger partial charge in [0.15, 0.2) is 0 Å². The lowest BCUT2D eigenvalue weighted by Gasteiger charge is -2.36. The molecule has 0 saturated carbocycles. The molecule has 0 amide bonds. The van der Waals surface area contributed by atoms with Gasteiger partial charge in [0.05, 0.1) is 12.8 Å². The predicted octanol–water partition coefficient (Wildman–Crippen LogP) is 1.96. The normalized spacial score (nSPS) is 24.4. The number of likely N-dealkylation sites (tertiary alicyclic amines) is 1. The molecule has 2 N–H and O–H groups in total. The van der Waals surface area contributed by atoms with Crippen molar-refractivity contribution in [3.63, 3.8) is 0 Å². The van der Waals surface area contributed by atoms with Crippen molar-refractivity contribution in [1.29, 1.82) is 0 Å². The maximum atomic E-state index is 6.15. The van der Waals surface area contributed by atoms with E-state index in [-0.39, 0.29) is 0 Å². The third-order valence-corrected chi connectivity index (χ3v) is 4.00. The average Bonchev–Trinajstić information content (AvgIpc) is 2.40. The molecular weight excluding hydrogens is 238 g/mol. The van der Waals surface area contributed by atoms with Crippen molar-refractivity contribution in [2.45, 2.75) is 39.3 Å². The highest BCUT2D eigenvalue weighted by Crippen LogP contribution is 2.21. The van der Waals surface area contributed by atoms with Crippen LogP contribution in [0.3, 0.4) is 0 Å². The Morgan fingerprint density at radius 1 is 1.47 bits per heavy atom. The Kier molecular flexibility index (Phi) is 4.77. The zero-order chi connectivity index (χ0) is 13.8. The molecule has 4 nitrogen and oxygen atoms in total. The van der Waals surface area contributed by atoms with Crippen LogP contribution in [-0.4, -0.2) is 36.1 Å². The fourth-order valence-corrected chi connectivity index (χ4v) is 2.83. The van der Waals surface area contributed by atoms with Gasteiger partial charge < -0.3 is 10.5 Å². The average molecular weight is 263 g/mol. The maximum absolute atomic E-state index is 6.15. The van der Waals surface area contributed by atoms with Crippen molar-refractivity contribution in [1.82, 2.24) is 9.88 Å². The lowest BCUT2D eigenvalue weighted by Crippen LogP contribution is -2.46. The number of piperidine rings is 1. The molecule has 0 radical (unpaired) electrons. The van der Waals surface area contributed by atoms with E-state index in [1.54, 1.807) is 7.11 Å². The van der Waals surface area contributed by atoms with E-state index in [2.05, 4.69) is 16.8 Å². The number of methoxy groups -OCH3 is 1. The number of aromatic nitrogens is 1. The lowest BCUT2D eigenvalue weighted by atomic mass is 9.90. The highest BCUT2D eigenvalue weighted by atomic mass is 16.5. The molecule has 2 rings (SSSR count). The summed E-state index contributed by atoms with van der Waals surface area (Å²) < 4.78 is 5.31. The van der Waals surface area contributed by atoms with E-state index in [1.807, 2.05) is 19.1 Å². The smallest absolute Gasteiger partial charge is 0.122 e. The largest absolute Gasteiger partial charge is 0.497 e. The number of rotatable bonds is 4. The van der Waals surface area contributed by atoms with Crippen molar-refractivity contribution in [2.75, 3.05) is 20.2 Å². The van der Waals surface area contributed by atoms with Gasteiger partial charge >= 0.3 is 0 Å². The van der Waals surface area contributed by atoms with Gasteiger partial charge in [-0.2, -0.15) is 0 Å². The maximum Gasteiger partial charge on any atom is 0.122 e. The van der Waals surface area contributed by atoms with Crippen LogP contribution in [0.1, 0.15) is 31.2 Å². The lowest BCUT2D eigenvalue weighted by molar-refractivity contribution is 0.144. The standard InChI is InChI=1S/C15H25N3O/c1-4-12-9-18(6-5-15(12)16)10-13-8-14(19-3)7-11(2)17-13/h7-8,12,15H,4-6,9-10,16H2,1-3H3. The molecule has 0 aliphatic carbocycles. The first kappa shape index (κ1) is 14.3. The number of nitrogens with zero attached hydrogens (tertiary/aromatic N) is 2. The molecule has 1 aromatic rings. The molecule has 106 valence electrons. The second-order valence-electron chi connectivity index (χ2n) is 5.50. The van der Waals surface area contributed by atoms with Gasteiger partial charge in [-0.3, -0.25) is 9.88 Å². The van der Waals surface area contributed by atoms with E-state index in [9.17, 15) is 0 Å². The highest BCUT2D eigenvalue weighted by Gasteiger charge is 2.25. The van der Waals surface area contributed by atoms with Gasteiger partial charge in [0.1, 0.15) is 5.75 Å². The molecule has 0 bridgehead atoms. The molecule has 1 fully saturated rings. The summed E-state index contributed by atoms with van der Waals surface area (Å²) in [5.41, 5.74) is 8.25. The van der Waals surface area contributed by atoms with E-state index in [1.165, 1.54) is 0 Å². The fraction of sp³-hybridized carbons (Fsp3) is 0.667. The first-order valence-electron chi connectivity index (χ1n) is 7.12. The Labute approximate surface area is 116 Å². The molecule has 19 heavy (non-hydrogen) atoms. The minimum Gasteiger partial charge on any atom is -0.497 e. The Morgan fingerprint density at radius 3 is 2.95 bits per heavy atom. The number of aryl methyl sites for hydroxylation is 1. The van der Waals surface area contributed by atoms with Crippen LogP contribution in [0.4, 0.5) is 0 Å². The van der Waals surface area contributed by atoms with Gasteiger partial charge in [-0.15, -0.1) is 0 Å². The minimum atomic E-state index is 0.362. The van der Waals surface area contributed by atoms with Crippen LogP contribution < -0.4 is 10.5 Å². The van der Waals surface area contributed by atoms with Gasteiger partial charge in [0.2, 0.25) is 0 Å². The number of hydrogen-bond acceptors (Lipinski definition) is 4. The van der Waals surface area contributed by atoms with Gasteiger partial charge in [-0.1, -0.05) is 13.3 Å². The Balaban J connectivity index is 2.03. The van der Waals surface area contributed by atoms with Crippen molar-refractivity contribution in [2.24, 2.45) is 11.7 Å². The molecule has 1 saturated heterocycles. The van der Waals surface area contributed by atoms with E-state index in [0.717, 1.165) is 49.6 Å². The first-order chi connectivity index (χ1) is 9.12. The molecule has 4 heteroatoms. The Morgan fingerprint density at radius 2 is 2.26 bits per heavy atom. The number of ether oxygens (including phenoxy) is 1. The van der Waals surface area contributed by atoms with Crippen LogP contribution in [0.2, 0.25) is 0 Å². The van der Waals surface area contributed by atoms with Crippen LogP contribution in [0.25, 0.3) is 0 Å². The van der Waals surface area contributed by atoms with Gasteiger partial charge in [-0.05, 0) is 19.3 Å². The van der Waals surface area contributed by atoms with E-state index < -0.39 is 0 Å². The Hall–Kier alpha value is -1.13. The van der Waals surface area contributed by atoms with Crippen molar-refractivity contribution in [3.05, 3.63) is 23.5 Å². The van der Waals surface area contributed by atoms with Crippen molar-refractivity contribution < 1.29 is 4.74 Å². The topological polar surface area (TPSA) is 51.4 Å². The SMILES string of the molecule is CCC1CN(Cc2cc(OC)cc(C)n2)CCC1N. The summed E-state index contributed by atoms with van der Waals surface area (Å²) in [6.07, 6.45) is 2.24. The second kappa shape index (κ2) is 6.35. The molecule has 1 aliphatic heterocycles. The molecule has 2 unspecified atom stereocenters. The summed E-state index contributed by atoms with van der Waals surface area (Å²) in [5.74, 6) is 1.50. The molecule has 0 aromatic carbocycles. The predicted molar refractivity (Wildman–Crippen MR) is 77.2 cm³/mol. The molecule has 2 heterocycles. The molecule has 1 aliphatic rings. The fourth-order valence-electron chi connectivity index (χ4n) is 2.83. The van der Waals surface area contributed by atoms with Crippen LogP contribution in [0.5, 0.6) is 5.75 Å². The summed E-state index contributed by atoms with van der Waals surface area (Å²) in [7, 11) is 1.70. The van der Waals surface area contributed by atoms with Crippen molar-refractivity contribution in [3.8, 4) is 5.75 Å². The van der Waals surface area contributed by atoms with Crippen LogP contribution >= 0.6 is 0 Å². The zero-order valence-electron chi connectivity index (χ0n) is 12.2. The summed E-state index contributed by atoms with van der Waals surface area (Å²) in [6, 6.07) is 4.36. The number of hydrogen-bond donors (Lipinski definition) is 1. The minimum absolute atomic E-state index is 0.362. The van der Waals surface area contributed by atoms with Gasteiger partial charge in [-0.25, -0.2) is 0 Å². The van der Waals surface area contributed by atoms with E-state index >= 15 is 0 Å². The van der Waals surface area contributed by atoms with E-state index in [0.29, 0.717) is 12.0 Å². The van der Waals surface area contributed by atoms with E-state index in [4.69, 9.17) is 10.5 Å². The highest BCUT2D eigenvalue weighted by molar-refractivity contribution is 5.26. The van der Waals surface area contributed by atoms with Crippen LogP contribution in [0.15, 0.2) is 12.1 Å². The third-order valence-electron chi connectivity index (χ3n) is 4.00. The third kappa shape index (κ3) is 3.67. The summed E-state index contributed by atoms with van der Waals surface area (Å²) in [4.78, 5) is 7.05. The monoisotopic (exact) mass is 263 g/mol. The molecule has 2 atom stereocenters. The quantitative estimate of drug-likeness (QED) is 0.902. The summed E-state index contributed by atoms with van der Waals surface area (Å²) in [6.45, 7) is 7.27. The summed E-state index contributed by atoms with van der Waals surface area (Å²) in [5, 5.41) is 0. The second-order valence-corrected chi connectivity index (χ2v) is 5.50. The molecule has 1 aromatic heterocycles. The number of nitrogens with two attached hydrogens (primary N) is 1. The van der Waals surface area contributed by atoms with Gasteiger partial charge in [0.25, 0.3) is 0 Å².